The van der Waals surface area contributed by atoms with Crippen molar-refractivity contribution in [2.75, 3.05) is 60.0 Å². The van der Waals surface area contributed by atoms with Crippen LogP contribution in [-0.2, 0) is 9.47 Å². The van der Waals surface area contributed by atoms with Crippen molar-refractivity contribution in [1.29, 1.82) is 0 Å². The number of ether oxygens (including phenoxy) is 2. The first kappa shape index (κ1) is 20.5. The van der Waals surface area contributed by atoms with Crippen LogP contribution < -0.4 is 5.32 Å². The van der Waals surface area contributed by atoms with E-state index in [1.54, 1.807) is 0 Å². The van der Waals surface area contributed by atoms with Crippen LogP contribution in [0.15, 0.2) is 4.99 Å². The molecule has 146 valence electrons. The molecule has 0 radical (unpaired) electrons. The van der Waals surface area contributed by atoms with Crippen molar-refractivity contribution < 1.29 is 9.47 Å². The number of unbranched alkanes of at least 4 members (excludes halogenated alkanes) is 1. The van der Waals surface area contributed by atoms with E-state index in [1.165, 1.54) is 25.8 Å². The number of hydrogen-bond donors (Lipinski definition) is 1. The van der Waals surface area contributed by atoms with Gasteiger partial charge in [-0.3, -0.25) is 4.99 Å². The summed E-state index contributed by atoms with van der Waals surface area (Å²) in [6.45, 7) is 9.11. The quantitative estimate of drug-likeness (QED) is 0.507. The summed E-state index contributed by atoms with van der Waals surface area (Å²) in [6.07, 6.45) is 7.71. The maximum absolute atomic E-state index is 6.06. The normalized spacial score (nSPS) is 22.8. The van der Waals surface area contributed by atoms with Gasteiger partial charge in [-0.2, -0.15) is 0 Å². The Kier molecular flexibility index (Phi) is 9.58. The predicted octanol–water partition coefficient (Wildman–Crippen LogP) is 1.95. The van der Waals surface area contributed by atoms with Crippen molar-refractivity contribution in [3.05, 3.63) is 0 Å². The van der Waals surface area contributed by atoms with Crippen LogP contribution in [0.25, 0.3) is 0 Å². The van der Waals surface area contributed by atoms with Crippen molar-refractivity contribution in [2.45, 2.75) is 57.7 Å². The van der Waals surface area contributed by atoms with Gasteiger partial charge in [-0.1, -0.05) is 13.3 Å². The van der Waals surface area contributed by atoms with Crippen molar-refractivity contribution >= 4 is 5.96 Å². The number of nitrogens with zero attached hydrogens (tertiary/aromatic N) is 3. The zero-order valence-corrected chi connectivity index (χ0v) is 16.5. The van der Waals surface area contributed by atoms with Gasteiger partial charge in [0.05, 0.1) is 18.8 Å². The number of nitrogens with one attached hydrogen (secondary N) is 1. The number of hydrogen-bond acceptors (Lipinski definition) is 4. The van der Waals surface area contributed by atoms with E-state index in [2.05, 4.69) is 34.1 Å². The minimum Gasteiger partial charge on any atom is -0.376 e. The number of guanidine groups is 1. The Bertz CT molecular complexity index is 378. The molecule has 0 aromatic carbocycles. The molecule has 1 N–H and O–H groups in total. The third-order valence-corrected chi connectivity index (χ3v) is 5.17. The van der Waals surface area contributed by atoms with Gasteiger partial charge in [0.25, 0.3) is 0 Å². The molecule has 0 spiro atoms. The van der Waals surface area contributed by atoms with Crippen molar-refractivity contribution in [3.63, 3.8) is 0 Å². The average Bonchev–Trinajstić information content (AvgIpc) is 3.16. The molecule has 1 unspecified atom stereocenters. The number of piperidine rings is 1. The van der Waals surface area contributed by atoms with E-state index in [0.717, 1.165) is 64.6 Å². The molecule has 1 atom stereocenters. The third-order valence-electron chi connectivity index (χ3n) is 5.17. The molecule has 0 amide bonds. The third kappa shape index (κ3) is 7.50. The summed E-state index contributed by atoms with van der Waals surface area (Å²) in [6, 6.07) is 0. The molecule has 0 aliphatic carbocycles. The van der Waals surface area contributed by atoms with Crippen molar-refractivity contribution in [3.8, 4) is 0 Å². The Hall–Kier alpha value is -0.850. The fourth-order valence-electron chi connectivity index (χ4n) is 3.48. The fraction of sp³-hybridized carbons (Fsp3) is 0.947. The number of likely N-dealkylation sites (N-methyl/N-ethyl adjacent to an activating group) is 1. The highest BCUT2D eigenvalue weighted by Gasteiger charge is 2.24. The van der Waals surface area contributed by atoms with Crippen LogP contribution >= 0.6 is 0 Å². The first-order chi connectivity index (χ1) is 12.2. The molecule has 0 bridgehead atoms. The molecule has 6 heteroatoms. The van der Waals surface area contributed by atoms with Gasteiger partial charge in [-0.05, 0) is 45.7 Å². The van der Waals surface area contributed by atoms with Gasteiger partial charge in [0.2, 0.25) is 0 Å². The highest BCUT2D eigenvalue weighted by molar-refractivity contribution is 5.79. The zero-order chi connectivity index (χ0) is 17.9. The molecular formula is C19H38N4O2. The largest absolute Gasteiger partial charge is 0.376 e. The smallest absolute Gasteiger partial charge is 0.193 e. The Morgan fingerprint density at radius 2 is 2.08 bits per heavy atom. The lowest BCUT2D eigenvalue weighted by molar-refractivity contribution is -0.0367. The highest BCUT2D eigenvalue weighted by Crippen LogP contribution is 2.17. The summed E-state index contributed by atoms with van der Waals surface area (Å²) in [7, 11) is 4.07. The molecule has 25 heavy (non-hydrogen) atoms. The lowest BCUT2D eigenvalue weighted by Crippen LogP contribution is -2.48. The summed E-state index contributed by atoms with van der Waals surface area (Å²) < 4.78 is 11.7. The summed E-state index contributed by atoms with van der Waals surface area (Å²) in [4.78, 5) is 9.20. The minimum absolute atomic E-state index is 0.331. The van der Waals surface area contributed by atoms with Gasteiger partial charge in [-0.25, -0.2) is 0 Å². The first-order valence-corrected chi connectivity index (χ1v) is 10.1. The van der Waals surface area contributed by atoms with Crippen LogP contribution in [-0.4, -0.2) is 88.0 Å². The summed E-state index contributed by atoms with van der Waals surface area (Å²) in [5.41, 5.74) is 0. The Labute approximate surface area is 153 Å². The van der Waals surface area contributed by atoms with Crippen molar-refractivity contribution in [1.82, 2.24) is 15.1 Å². The second-order valence-corrected chi connectivity index (χ2v) is 7.29. The summed E-state index contributed by atoms with van der Waals surface area (Å²) in [5, 5.41) is 3.51. The molecule has 6 nitrogen and oxygen atoms in total. The van der Waals surface area contributed by atoms with Crippen LogP contribution in [0.1, 0.15) is 45.4 Å². The summed E-state index contributed by atoms with van der Waals surface area (Å²) in [5.74, 6) is 1.03. The van der Waals surface area contributed by atoms with Gasteiger partial charge in [0.15, 0.2) is 5.96 Å². The van der Waals surface area contributed by atoms with E-state index in [1.807, 2.05) is 7.05 Å². The molecule has 2 aliphatic rings. The lowest BCUT2D eigenvalue weighted by atomic mass is 10.1. The standard InChI is InChI=1S/C19H38N4O2/c1-4-5-11-22(3)14-10-21-19(20-2)23-12-8-17(9-13-23)25-16-18-7-6-15-24-18/h17-18H,4-16H2,1-3H3,(H,20,21). The Morgan fingerprint density at radius 1 is 1.28 bits per heavy atom. The van der Waals surface area contributed by atoms with E-state index >= 15 is 0 Å². The van der Waals surface area contributed by atoms with Crippen molar-refractivity contribution in [2.24, 2.45) is 4.99 Å². The number of aliphatic imine (C=N–C) groups is 1. The monoisotopic (exact) mass is 354 g/mol. The van der Waals surface area contributed by atoms with Crippen LogP contribution in [0.2, 0.25) is 0 Å². The fourth-order valence-corrected chi connectivity index (χ4v) is 3.48. The molecule has 2 heterocycles. The van der Waals surface area contributed by atoms with Gasteiger partial charge in [-0.15, -0.1) is 0 Å². The van der Waals surface area contributed by atoms with Gasteiger partial charge in [0, 0.05) is 39.8 Å². The van der Waals surface area contributed by atoms with Crippen LogP contribution in [0.4, 0.5) is 0 Å². The molecule has 2 aliphatic heterocycles. The summed E-state index contributed by atoms with van der Waals surface area (Å²) >= 11 is 0. The van der Waals surface area contributed by atoms with Gasteiger partial charge >= 0.3 is 0 Å². The van der Waals surface area contributed by atoms with Gasteiger partial charge in [0.1, 0.15) is 0 Å². The number of rotatable bonds is 9. The molecule has 2 rings (SSSR count). The van der Waals surface area contributed by atoms with Crippen LogP contribution in [0, 0.1) is 0 Å². The second-order valence-electron chi connectivity index (χ2n) is 7.29. The number of likely N-dealkylation sites (tertiary alicyclic amines) is 1. The average molecular weight is 355 g/mol. The second kappa shape index (κ2) is 11.7. The Balaban J connectivity index is 1.60. The first-order valence-electron chi connectivity index (χ1n) is 10.1. The van der Waals surface area contributed by atoms with Crippen LogP contribution in [0.5, 0.6) is 0 Å². The van der Waals surface area contributed by atoms with Crippen LogP contribution in [0.3, 0.4) is 0 Å². The SMILES string of the molecule is CCCCN(C)CCNC(=NC)N1CCC(OCC2CCCO2)CC1. The van der Waals surface area contributed by atoms with Gasteiger partial charge < -0.3 is 24.6 Å². The molecule has 2 fully saturated rings. The van der Waals surface area contributed by atoms with E-state index in [-0.39, 0.29) is 0 Å². The van der Waals surface area contributed by atoms with E-state index in [0.29, 0.717) is 12.2 Å². The van der Waals surface area contributed by atoms with E-state index in [4.69, 9.17) is 9.47 Å². The topological polar surface area (TPSA) is 49.3 Å². The minimum atomic E-state index is 0.331. The van der Waals surface area contributed by atoms with E-state index < -0.39 is 0 Å². The molecule has 2 saturated heterocycles. The highest BCUT2D eigenvalue weighted by atomic mass is 16.5. The molecular weight excluding hydrogens is 316 g/mol. The lowest BCUT2D eigenvalue weighted by Gasteiger charge is -2.34. The maximum Gasteiger partial charge on any atom is 0.193 e. The Morgan fingerprint density at radius 3 is 2.72 bits per heavy atom. The predicted molar refractivity (Wildman–Crippen MR) is 103 cm³/mol. The maximum atomic E-state index is 6.06. The molecule has 0 saturated carbocycles. The van der Waals surface area contributed by atoms with E-state index in [9.17, 15) is 0 Å². The molecule has 0 aromatic heterocycles. The zero-order valence-electron chi connectivity index (χ0n) is 16.5. The molecule has 0 aromatic rings.